The third kappa shape index (κ3) is 2.27. The molecule has 2 aromatic rings. The fraction of sp³-hybridized carbons (Fsp3) is 0.214. The average Bonchev–Trinajstić information content (AvgIpc) is 2.91. The number of nitrogens with zero attached hydrogens (tertiary/aromatic N) is 1. The normalized spacial score (nSPS) is 17.8. The van der Waals surface area contributed by atoms with Gasteiger partial charge in [0, 0.05) is 11.8 Å². The second-order valence-corrected chi connectivity index (χ2v) is 5.05. The van der Waals surface area contributed by atoms with Crippen LogP contribution in [0, 0.1) is 0 Å². The number of aromatic nitrogens is 1. The third-order valence-electron chi connectivity index (χ3n) is 2.67. The van der Waals surface area contributed by atoms with E-state index >= 15 is 0 Å². The standard InChI is InChI=1S/C14H13NO2S/c1-2-6-12(7-3-1)14(16-10-11-17-14)18-13-8-4-5-9-15-13/h1-9H,10-11H2. The molecule has 4 heteroatoms. The highest BCUT2D eigenvalue weighted by molar-refractivity contribution is 7.99. The summed E-state index contributed by atoms with van der Waals surface area (Å²) in [6.45, 7) is 1.21. The van der Waals surface area contributed by atoms with Gasteiger partial charge >= 0.3 is 0 Å². The Morgan fingerprint density at radius 1 is 0.944 bits per heavy atom. The summed E-state index contributed by atoms with van der Waals surface area (Å²) in [6, 6.07) is 15.8. The zero-order chi connectivity index (χ0) is 12.3. The van der Waals surface area contributed by atoms with Gasteiger partial charge in [-0.2, -0.15) is 0 Å². The lowest BCUT2D eigenvalue weighted by Crippen LogP contribution is -2.22. The summed E-state index contributed by atoms with van der Waals surface area (Å²) in [7, 11) is 0. The van der Waals surface area contributed by atoms with Gasteiger partial charge in [-0.15, -0.1) is 0 Å². The van der Waals surface area contributed by atoms with E-state index in [2.05, 4.69) is 4.98 Å². The zero-order valence-electron chi connectivity index (χ0n) is 9.78. The molecule has 3 rings (SSSR count). The number of ether oxygens (including phenoxy) is 2. The van der Waals surface area contributed by atoms with Crippen molar-refractivity contribution in [3.8, 4) is 0 Å². The summed E-state index contributed by atoms with van der Waals surface area (Å²) >= 11 is 1.50. The van der Waals surface area contributed by atoms with Gasteiger partial charge in [-0.1, -0.05) is 36.4 Å². The Morgan fingerprint density at radius 3 is 2.33 bits per heavy atom. The van der Waals surface area contributed by atoms with E-state index in [9.17, 15) is 0 Å². The second-order valence-electron chi connectivity index (χ2n) is 3.89. The van der Waals surface area contributed by atoms with Crippen LogP contribution in [-0.2, 0) is 14.6 Å². The monoisotopic (exact) mass is 259 g/mol. The van der Waals surface area contributed by atoms with Crippen LogP contribution in [0.2, 0.25) is 0 Å². The third-order valence-corrected chi connectivity index (χ3v) is 3.86. The van der Waals surface area contributed by atoms with Gasteiger partial charge in [0.05, 0.1) is 13.2 Å². The first kappa shape index (κ1) is 11.7. The summed E-state index contributed by atoms with van der Waals surface area (Å²) in [5, 5.41) is 0.138. The first-order valence-electron chi connectivity index (χ1n) is 5.83. The van der Waals surface area contributed by atoms with Crippen LogP contribution in [0.4, 0.5) is 0 Å². The van der Waals surface area contributed by atoms with Crippen molar-refractivity contribution in [2.24, 2.45) is 0 Å². The zero-order valence-corrected chi connectivity index (χ0v) is 10.6. The van der Waals surface area contributed by atoms with Crippen molar-refractivity contribution in [2.45, 2.75) is 10.1 Å². The molecule has 92 valence electrons. The summed E-state index contributed by atoms with van der Waals surface area (Å²) in [4.78, 5) is 4.32. The Morgan fingerprint density at radius 2 is 1.67 bits per heavy atom. The van der Waals surface area contributed by atoms with Gasteiger partial charge in [0.25, 0.3) is 5.12 Å². The number of thioether (sulfide) groups is 1. The van der Waals surface area contributed by atoms with Crippen molar-refractivity contribution in [1.29, 1.82) is 0 Å². The van der Waals surface area contributed by atoms with Crippen LogP contribution in [0.15, 0.2) is 59.8 Å². The van der Waals surface area contributed by atoms with Gasteiger partial charge in [-0.05, 0) is 23.9 Å². The highest BCUT2D eigenvalue weighted by Gasteiger charge is 2.40. The summed E-state index contributed by atoms with van der Waals surface area (Å²) in [5.41, 5.74) is 1.01. The Hall–Kier alpha value is -1.36. The summed E-state index contributed by atoms with van der Waals surface area (Å²) in [6.07, 6.45) is 1.77. The molecule has 0 spiro atoms. The average molecular weight is 259 g/mol. The second kappa shape index (κ2) is 5.10. The Labute approximate surface area is 110 Å². The minimum Gasteiger partial charge on any atom is -0.335 e. The number of benzene rings is 1. The molecule has 1 aromatic heterocycles. The molecule has 1 aliphatic rings. The van der Waals surface area contributed by atoms with E-state index in [1.807, 2.05) is 48.5 Å². The Bertz CT molecular complexity index is 498. The lowest BCUT2D eigenvalue weighted by molar-refractivity contribution is -0.0816. The number of hydrogen-bond acceptors (Lipinski definition) is 4. The molecular formula is C14H13NO2S. The van der Waals surface area contributed by atoms with Crippen LogP contribution in [0.1, 0.15) is 5.56 Å². The molecule has 0 radical (unpaired) electrons. The van der Waals surface area contributed by atoms with Crippen molar-refractivity contribution in [2.75, 3.05) is 13.2 Å². The van der Waals surface area contributed by atoms with Crippen LogP contribution >= 0.6 is 11.8 Å². The Kier molecular flexibility index (Phi) is 3.32. The lowest BCUT2D eigenvalue weighted by Gasteiger charge is -2.26. The first-order chi connectivity index (χ1) is 8.89. The maximum absolute atomic E-state index is 5.83. The van der Waals surface area contributed by atoms with Crippen molar-refractivity contribution >= 4 is 11.8 Å². The Balaban J connectivity index is 1.93. The van der Waals surface area contributed by atoms with Crippen LogP contribution in [-0.4, -0.2) is 18.2 Å². The van der Waals surface area contributed by atoms with E-state index in [0.717, 1.165) is 10.6 Å². The lowest BCUT2D eigenvalue weighted by atomic mass is 10.2. The van der Waals surface area contributed by atoms with Crippen LogP contribution < -0.4 is 0 Å². The molecule has 1 fully saturated rings. The predicted octanol–water partition coefficient (Wildman–Crippen LogP) is 3.03. The largest absolute Gasteiger partial charge is 0.335 e. The quantitative estimate of drug-likeness (QED) is 0.848. The highest BCUT2D eigenvalue weighted by Crippen LogP contribution is 2.45. The molecule has 0 bridgehead atoms. The molecule has 18 heavy (non-hydrogen) atoms. The van der Waals surface area contributed by atoms with Crippen LogP contribution in [0.3, 0.4) is 0 Å². The van der Waals surface area contributed by atoms with Crippen molar-refractivity contribution in [1.82, 2.24) is 4.98 Å². The topological polar surface area (TPSA) is 31.4 Å². The van der Waals surface area contributed by atoms with Gasteiger partial charge in [0.2, 0.25) is 0 Å². The maximum atomic E-state index is 5.83. The van der Waals surface area contributed by atoms with Crippen LogP contribution in [0.5, 0.6) is 0 Å². The molecule has 3 nitrogen and oxygen atoms in total. The van der Waals surface area contributed by atoms with E-state index in [0.29, 0.717) is 13.2 Å². The fourth-order valence-electron chi connectivity index (χ4n) is 1.87. The highest BCUT2D eigenvalue weighted by atomic mass is 32.2. The minimum atomic E-state index is -0.754. The molecule has 0 aliphatic carbocycles. The molecule has 0 atom stereocenters. The first-order valence-corrected chi connectivity index (χ1v) is 6.64. The SMILES string of the molecule is c1ccc(C2(Sc3ccccn3)OCCO2)cc1. The molecule has 0 saturated carbocycles. The van der Waals surface area contributed by atoms with Crippen LogP contribution in [0.25, 0.3) is 0 Å². The molecule has 2 heterocycles. The van der Waals surface area contributed by atoms with Gasteiger partial charge in [0.15, 0.2) is 0 Å². The number of rotatable bonds is 3. The maximum Gasteiger partial charge on any atom is 0.252 e. The summed E-state index contributed by atoms with van der Waals surface area (Å²) in [5.74, 6) is 0. The van der Waals surface area contributed by atoms with Gasteiger partial charge in [-0.3, -0.25) is 0 Å². The molecule has 0 unspecified atom stereocenters. The molecule has 0 amide bonds. The van der Waals surface area contributed by atoms with Crippen molar-refractivity contribution in [3.05, 3.63) is 60.3 Å². The molecular weight excluding hydrogens is 246 g/mol. The van der Waals surface area contributed by atoms with E-state index < -0.39 is 5.12 Å². The van der Waals surface area contributed by atoms with Crippen molar-refractivity contribution < 1.29 is 9.47 Å². The summed E-state index contributed by atoms with van der Waals surface area (Å²) < 4.78 is 11.7. The van der Waals surface area contributed by atoms with E-state index in [-0.39, 0.29) is 0 Å². The van der Waals surface area contributed by atoms with E-state index in [1.165, 1.54) is 11.8 Å². The van der Waals surface area contributed by atoms with Gasteiger partial charge in [-0.25, -0.2) is 4.98 Å². The van der Waals surface area contributed by atoms with E-state index in [4.69, 9.17) is 9.47 Å². The fourth-order valence-corrected chi connectivity index (χ4v) is 2.94. The van der Waals surface area contributed by atoms with Gasteiger partial charge in [0.1, 0.15) is 5.03 Å². The molecule has 0 N–H and O–H groups in total. The molecule has 1 saturated heterocycles. The number of pyridine rings is 1. The van der Waals surface area contributed by atoms with Crippen molar-refractivity contribution in [3.63, 3.8) is 0 Å². The minimum absolute atomic E-state index is 0.606. The van der Waals surface area contributed by atoms with Gasteiger partial charge < -0.3 is 9.47 Å². The molecule has 1 aliphatic heterocycles. The number of hydrogen-bond donors (Lipinski definition) is 0. The molecule has 1 aromatic carbocycles. The predicted molar refractivity (Wildman–Crippen MR) is 70.1 cm³/mol. The van der Waals surface area contributed by atoms with E-state index in [1.54, 1.807) is 6.20 Å². The smallest absolute Gasteiger partial charge is 0.252 e.